The largest absolute Gasteiger partial charge is 0.507 e. The van der Waals surface area contributed by atoms with Gasteiger partial charge in [0, 0.05) is 5.56 Å². The number of likely N-dealkylation sites (tertiary alicyclic amines) is 1. The number of furan rings is 1. The van der Waals surface area contributed by atoms with Crippen LogP contribution in [0.4, 0.5) is 0 Å². The summed E-state index contributed by atoms with van der Waals surface area (Å²) in [6.07, 6.45) is 1.50. The van der Waals surface area contributed by atoms with Crippen LogP contribution in [0, 0.1) is 0 Å². The molecule has 3 aromatic rings. The molecular formula is C25H21NO7. The van der Waals surface area contributed by atoms with E-state index in [1.54, 1.807) is 61.7 Å². The molecule has 1 atom stereocenters. The zero-order chi connectivity index (χ0) is 22.9. The Morgan fingerprint density at radius 1 is 1.06 bits per heavy atom. The van der Waals surface area contributed by atoms with E-state index in [2.05, 4.69) is 0 Å². The van der Waals surface area contributed by atoms with Crippen LogP contribution in [0.3, 0.4) is 0 Å². The summed E-state index contributed by atoms with van der Waals surface area (Å²) in [6, 6.07) is 14.6. The maximum Gasteiger partial charge on any atom is 0.296 e. The minimum atomic E-state index is -0.811. The van der Waals surface area contributed by atoms with Crippen LogP contribution >= 0.6 is 0 Å². The van der Waals surface area contributed by atoms with E-state index in [9.17, 15) is 14.7 Å². The number of amides is 1. The molecule has 1 amide bonds. The van der Waals surface area contributed by atoms with Crippen molar-refractivity contribution in [3.63, 3.8) is 0 Å². The van der Waals surface area contributed by atoms with Crippen LogP contribution in [-0.4, -0.2) is 42.0 Å². The number of ether oxygens (including phenoxy) is 3. The number of methoxy groups -OCH3 is 1. The van der Waals surface area contributed by atoms with Gasteiger partial charge < -0.3 is 28.6 Å². The monoisotopic (exact) mass is 447 g/mol. The van der Waals surface area contributed by atoms with E-state index in [0.29, 0.717) is 47.3 Å². The van der Waals surface area contributed by atoms with Gasteiger partial charge in [-0.2, -0.15) is 0 Å². The van der Waals surface area contributed by atoms with E-state index >= 15 is 0 Å². The van der Waals surface area contributed by atoms with Crippen molar-refractivity contribution < 1.29 is 33.3 Å². The number of carbonyl (C=O) groups excluding carboxylic acids is 2. The van der Waals surface area contributed by atoms with Crippen LogP contribution in [0.15, 0.2) is 70.9 Å². The Morgan fingerprint density at radius 2 is 1.82 bits per heavy atom. The zero-order valence-corrected chi connectivity index (χ0v) is 17.8. The first-order chi connectivity index (χ1) is 16.1. The lowest BCUT2D eigenvalue weighted by Crippen LogP contribution is -2.29. The van der Waals surface area contributed by atoms with Crippen molar-refractivity contribution in [2.75, 3.05) is 20.3 Å². The fourth-order valence-electron chi connectivity index (χ4n) is 4.09. The predicted molar refractivity (Wildman–Crippen MR) is 117 cm³/mol. The highest BCUT2D eigenvalue weighted by Gasteiger charge is 2.46. The molecule has 3 heterocycles. The predicted octanol–water partition coefficient (Wildman–Crippen LogP) is 3.68. The third-order valence-electron chi connectivity index (χ3n) is 5.69. The van der Waals surface area contributed by atoms with Crippen molar-refractivity contribution in [1.82, 2.24) is 4.90 Å². The highest BCUT2D eigenvalue weighted by molar-refractivity contribution is 6.46. The highest BCUT2D eigenvalue weighted by Crippen LogP contribution is 2.42. The van der Waals surface area contributed by atoms with Gasteiger partial charge in [0.2, 0.25) is 0 Å². The first kappa shape index (κ1) is 20.7. The summed E-state index contributed by atoms with van der Waals surface area (Å²) in [7, 11) is 1.56. The van der Waals surface area contributed by atoms with Crippen molar-refractivity contribution in [3.05, 3.63) is 83.3 Å². The Hall–Kier alpha value is -4.20. The molecule has 5 rings (SSSR count). The van der Waals surface area contributed by atoms with E-state index < -0.39 is 17.7 Å². The lowest BCUT2D eigenvalue weighted by molar-refractivity contribution is -0.140. The van der Waals surface area contributed by atoms with Crippen LogP contribution in [0.1, 0.15) is 22.9 Å². The van der Waals surface area contributed by atoms with Crippen molar-refractivity contribution in [2.24, 2.45) is 0 Å². The van der Waals surface area contributed by atoms with Gasteiger partial charge in [0.05, 0.1) is 31.5 Å². The first-order valence-electron chi connectivity index (χ1n) is 10.4. The summed E-state index contributed by atoms with van der Waals surface area (Å²) in [5.41, 5.74) is 1.00. The second-order valence-corrected chi connectivity index (χ2v) is 7.64. The van der Waals surface area contributed by atoms with Crippen LogP contribution in [0.25, 0.3) is 5.76 Å². The third kappa shape index (κ3) is 3.69. The molecule has 8 heteroatoms. The van der Waals surface area contributed by atoms with Gasteiger partial charge in [0.1, 0.15) is 30.5 Å². The zero-order valence-electron chi connectivity index (χ0n) is 17.8. The fraction of sp³-hybridized carbons (Fsp3) is 0.200. The van der Waals surface area contributed by atoms with Crippen molar-refractivity contribution in [1.29, 1.82) is 0 Å². The van der Waals surface area contributed by atoms with Gasteiger partial charge in [-0.15, -0.1) is 0 Å². The molecule has 2 aliphatic rings. The molecule has 0 bridgehead atoms. The van der Waals surface area contributed by atoms with Crippen molar-refractivity contribution >= 4 is 17.4 Å². The van der Waals surface area contributed by atoms with Gasteiger partial charge in [-0.05, 0) is 48.0 Å². The van der Waals surface area contributed by atoms with Gasteiger partial charge in [0.15, 0.2) is 11.5 Å². The number of hydrogen-bond donors (Lipinski definition) is 1. The summed E-state index contributed by atoms with van der Waals surface area (Å²) >= 11 is 0. The summed E-state index contributed by atoms with van der Waals surface area (Å²) in [6.45, 7) is 0.899. The standard InChI is InChI=1S/C25H21NO7/c1-30-17-7-4-15(5-8-17)22-21(24(28)25(29)26(22)14-18-3-2-10-31-18)23(27)16-6-9-19-20(13-16)33-12-11-32-19/h2-10,13,22,27H,11-12,14H2,1H3. The summed E-state index contributed by atoms with van der Waals surface area (Å²) in [5.74, 6) is 0.413. The van der Waals surface area contributed by atoms with Gasteiger partial charge in [-0.25, -0.2) is 0 Å². The molecule has 0 saturated carbocycles. The number of nitrogens with zero attached hydrogens (tertiary/aromatic N) is 1. The number of Topliss-reactive ketones (excluding diaryl/α,β-unsaturated/α-hetero) is 1. The molecule has 33 heavy (non-hydrogen) atoms. The molecule has 8 nitrogen and oxygen atoms in total. The van der Waals surface area contributed by atoms with Crippen molar-refractivity contribution in [2.45, 2.75) is 12.6 Å². The van der Waals surface area contributed by atoms with Gasteiger partial charge in [-0.3, -0.25) is 9.59 Å². The van der Waals surface area contributed by atoms with Gasteiger partial charge in [0.25, 0.3) is 11.7 Å². The van der Waals surface area contributed by atoms with Crippen LogP contribution < -0.4 is 14.2 Å². The van der Waals surface area contributed by atoms with Crippen LogP contribution in [-0.2, 0) is 16.1 Å². The third-order valence-corrected chi connectivity index (χ3v) is 5.69. The van der Waals surface area contributed by atoms with Gasteiger partial charge in [-0.1, -0.05) is 12.1 Å². The molecule has 1 aromatic heterocycles. The molecule has 1 N–H and O–H groups in total. The number of rotatable bonds is 5. The number of fused-ring (bicyclic) bond motifs is 1. The molecular weight excluding hydrogens is 426 g/mol. The second-order valence-electron chi connectivity index (χ2n) is 7.64. The van der Waals surface area contributed by atoms with Crippen LogP contribution in [0.2, 0.25) is 0 Å². The average Bonchev–Trinajstić information content (AvgIpc) is 3.46. The smallest absolute Gasteiger partial charge is 0.296 e. The molecule has 1 fully saturated rings. The Labute approximate surface area is 189 Å². The van der Waals surface area contributed by atoms with Crippen LogP contribution in [0.5, 0.6) is 17.2 Å². The number of carbonyl (C=O) groups is 2. The maximum atomic E-state index is 13.1. The molecule has 2 aromatic carbocycles. The number of ketones is 1. The molecule has 0 radical (unpaired) electrons. The Bertz CT molecular complexity index is 1230. The molecule has 2 aliphatic heterocycles. The Balaban J connectivity index is 1.62. The quantitative estimate of drug-likeness (QED) is 0.362. The SMILES string of the molecule is COc1ccc(C2C(=C(O)c3ccc4c(c3)OCCO4)C(=O)C(=O)N2Cc2ccco2)cc1. The number of aliphatic hydroxyl groups is 1. The number of hydrogen-bond acceptors (Lipinski definition) is 7. The first-order valence-corrected chi connectivity index (χ1v) is 10.4. The summed E-state index contributed by atoms with van der Waals surface area (Å²) < 4.78 is 21.8. The number of benzene rings is 2. The second kappa shape index (κ2) is 8.38. The fourth-order valence-corrected chi connectivity index (χ4v) is 4.09. The van der Waals surface area contributed by atoms with E-state index in [1.165, 1.54) is 11.2 Å². The van der Waals surface area contributed by atoms with Gasteiger partial charge >= 0.3 is 0 Å². The lowest BCUT2D eigenvalue weighted by atomic mass is 9.95. The summed E-state index contributed by atoms with van der Waals surface area (Å²) in [5, 5.41) is 11.2. The molecule has 168 valence electrons. The minimum Gasteiger partial charge on any atom is -0.507 e. The van der Waals surface area contributed by atoms with E-state index in [1.807, 2.05) is 0 Å². The number of aliphatic hydroxyl groups excluding tert-OH is 1. The lowest BCUT2D eigenvalue weighted by Gasteiger charge is -2.25. The molecule has 1 saturated heterocycles. The topological polar surface area (TPSA) is 98.4 Å². The Kier molecular flexibility index (Phi) is 5.26. The normalized spacial score (nSPS) is 19.1. The molecule has 1 unspecified atom stereocenters. The Morgan fingerprint density at radius 3 is 2.52 bits per heavy atom. The van der Waals surface area contributed by atoms with Crippen molar-refractivity contribution in [3.8, 4) is 17.2 Å². The van der Waals surface area contributed by atoms with E-state index in [-0.39, 0.29) is 17.9 Å². The summed E-state index contributed by atoms with van der Waals surface area (Å²) in [4.78, 5) is 27.6. The van der Waals surface area contributed by atoms with E-state index in [0.717, 1.165) is 0 Å². The maximum absolute atomic E-state index is 13.1. The average molecular weight is 447 g/mol. The minimum absolute atomic E-state index is 0.00611. The highest BCUT2D eigenvalue weighted by atomic mass is 16.6. The van der Waals surface area contributed by atoms with E-state index in [4.69, 9.17) is 18.6 Å². The molecule has 0 spiro atoms. The molecule has 0 aliphatic carbocycles.